The van der Waals surface area contributed by atoms with Crippen molar-refractivity contribution in [1.82, 2.24) is 9.80 Å². The number of likely N-dealkylation sites (N-methyl/N-ethyl adjacent to an activating group) is 1. The van der Waals surface area contributed by atoms with Crippen molar-refractivity contribution in [3.63, 3.8) is 0 Å². The highest BCUT2D eigenvalue weighted by atomic mass is 16.2. The lowest BCUT2D eigenvalue weighted by Gasteiger charge is -2.28. The summed E-state index contributed by atoms with van der Waals surface area (Å²) < 4.78 is 0. The Hall–Kier alpha value is -3.41. The summed E-state index contributed by atoms with van der Waals surface area (Å²) in [5, 5.41) is 2.87. The summed E-state index contributed by atoms with van der Waals surface area (Å²) in [4.78, 5) is 39.8. The molecule has 0 saturated carbocycles. The molecule has 0 radical (unpaired) electrons. The maximum atomic E-state index is 12.5. The molecule has 3 amide bonds. The van der Waals surface area contributed by atoms with Gasteiger partial charge in [-0.1, -0.05) is 42.5 Å². The molecular weight excluding hydrogens is 354 g/mol. The van der Waals surface area contributed by atoms with Gasteiger partial charge in [0.2, 0.25) is 5.91 Å². The molecule has 0 bridgehead atoms. The Kier molecular flexibility index (Phi) is 4.69. The molecule has 0 fully saturated rings. The number of amides is 3. The highest BCUT2D eigenvalue weighted by molar-refractivity contribution is 6.19. The molecule has 2 heterocycles. The molecule has 4 rings (SSSR count). The number of benzene rings is 2. The molecule has 2 aromatic rings. The summed E-state index contributed by atoms with van der Waals surface area (Å²) in [6.07, 6.45) is 1.34. The van der Waals surface area contributed by atoms with Gasteiger partial charge in [0, 0.05) is 24.9 Å². The molecule has 142 valence electrons. The third-order valence-electron chi connectivity index (χ3n) is 5.14. The fourth-order valence-corrected chi connectivity index (χ4v) is 3.70. The van der Waals surface area contributed by atoms with E-state index in [0.717, 1.165) is 22.4 Å². The molecule has 1 N–H and O–H groups in total. The third kappa shape index (κ3) is 3.29. The predicted octanol–water partition coefficient (Wildman–Crippen LogP) is 2.64. The van der Waals surface area contributed by atoms with Crippen LogP contribution in [0.25, 0.3) is 11.1 Å². The van der Waals surface area contributed by atoms with Gasteiger partial charge < -0.3 is 10.2 Å². The maximum Gasteiger partial charge on any atom is 0.277 e. The van der Waals surface area contributed by atoms with Gasteiger partial charge in [0.05, 0.1) is 6.54 Å². The van der Waals surface area contributed by atoms with Gasteiger partial charge in [-0.15, -0.1) is 0 Å². The summed E-state index contributed by atoms with van der Waals surface area (Å²) in [5.74, 6) is -0.780. The molecule has 0 aromatic heterocycles. The van der Waals surface area contributed by atoms with Crippen LogP contribution in [0.5, 0.6) is 0 Å². The summed E-state index contributed by atoms with van der Waals surface area (Å²) >= 11 is 0. The van der Waals surface area contributed by atoms with Gasteiger partial charge >= 0.3 is 0 Å². The zero-order valence-corrected chi connectivity index (χ0v) is 15.6. The van der Waals surface area contributed by atoms with E-state index in [0.29, 0.717) is 29.9 Å². The number of rotatable bonds is 4. The lowest BCUT2D eigenvalue weighted by Crippen LogP contribution is -2.38. The van der Waals surface area contributed by atoms with Crippen molar-refractivity contribution >= 4 is 23.4 Å². The van der Waals surface area contributed by atoms with Crippen LogP contribution in [0, 0.1) is 0 Å². The van der Waals surface area contributed by atoms with E-state index in [9.17, 15) is 14.4 Å². The monoisotopic (exact) mass is 375 g/mol. The smallest absolute Gasteiger partial charge is 0.277 e. The summed E-state index contributed by atoms with van der Waals surface area (Å²) in [7, 11) is 1.48. The third-order valence-corrected chi connectivity index (χ3v) is 5.14. The van der Waals surface area contributed by atoms with Crippen molar-refractivity contribution in [1.29, 1.82) is 0 Å². The second-order valence-electron chi connectivity index (χ2n) is 7.01. The van der Waals surface area contributed by atoms with Gasteiger partial charge in [0.25, 0.3) is 11.8 Å². The average Bonchev–Trinajstić information content (AvgIpc) is 2.94. The number of carbonyl (C=O) groups is 3. The highest BCUT2D eigenvalue weighted by Gasteiger charge is 2.40. The topological polar surface area (TPSA) is 69.7 Å². The molecule has 0 aliphatic carbocycles. The number of nitrogens with one attached hydrogen (secondary N) is 1. The number of hydrogen-bond donors (Lipinski definition) is 1. The summed E-state index contributed by atoms with van der Waals surface area (Å²) in [5.41, 5.74) is 3.79. The molecule has 0 atom stereocenters. The van der Waals surface area contributed by atoms with Gasteiger partial charge in [0.15, 0.2) is 0 Å². The number of imide groups is 1. The number of anilines is 1. The van der Waals surface area contributed by atoms with E-state index in [1.165, 1.54) is 7.05 Å². The number of nitrogens with zero attached hydrogens (tertiary/aromatic N) is 2. The molecule has 2 aliphatic heterocycles. The molecule has 28 heavy (non-hydrogen) atoms. The van der Waals surface area contributed by atoms with Crippen molar-refractivity contribution in [3.05, 3.63) is 65.9 Å². The zero-order chi connectivity index (χ0) is 19.7. The van der Waals surface area contributed by atoms with Crippen molar-refractivity contribution in [2.45, 2.75) is 12.8 Å². The van der Waals surface area contributed by atoms with Crippen molar-refractivity contribution in [3.8, 4) is 11.1 Å². The molecule has 6 nitrogen and oxygen atoms in total. The number of carbonyl (C=O) groups excluding carboxylic acids is 3. The summed E-state index contributed by atoms with van der Waals surface area (Å²) in [6, 6.07) is 17.6. The van der Waals surface area contributed by atoms with Crippen LogP contribution in [0.4, 0.5) is 5.69 Å². The Balaban J connectivity index is 1.43. The van der Waals surface area contributed by atoms with Gasteiger partial charge in [0.1, 0.15) is 5.70 Å². The molecule has 0 saturated heterocycles. The van der Waals surface area contributed by atoms with E-state index in [-0.39, 0.29) is 24.3 Å². The van der Waals surface area contributed by atoms with Crippen molar-refractivity contribution < 1.29 is 14.4 Å². The van der Waals surface area contributed by atoms with Crippen LogP contribution in [0.3, 0.4) is 0 Å². The van der Waals surface area contributed by atoms with Crippen LogP contribution in [0.1, 0.15) is 12.8 Å². The Morgan fingerprint density at radius 3 is 2.36 bits per heavy atom. The maximum absolute atomic E-state index is 12.5. The van der Waals surface area contributed by atoms with Crippen molar-refractivity contribution in [2.24, 2.45) is 0 Å². The first kappa shape index (κ1) is 18.0. The minimum atomic E-state index is -0.320. The largest absolute Gasteiger partial charge is 0.357 e. The van der Waals surface area contributed by atoms with Gasteiger partial charge in [-0.2, -0.15) is 0 Å². The van der Waals surface area contributed by atoms with Crippen LogP contribution >= 0.6 is 0 Å². The molecule has 6 heteroatoms. The van der Waals surface area contributed by atoms with Crippen LogP contribution in [0.15, 0.2) is 65.9 Å². The second kappa shape index (κ2) is 7.31. The minimum absolute atomic E-state index is 0.0477. The molecule has 2 aromatic carbocycles. The Labute approximate surface area is 163 Å². The first-order valence-corrected chi connectivity index (χ1v) is 9.30. The minimum Gasteiger partial charge on any atom is -0.357 e. The predicted molar refractivity (Wildman–Crippen MR) is 106 cm³/mol. The van der Waals surface area contributed by atoms with E-state index in [1.807, 2.05) is 54.6 Å². The van der Waals surface area contributed by atoms with Gasteiger partial charge in [-0.3, -0.25) is 19.3 Å². The first-order chi connectivity index (χ1) is 13.5. The standard InChI is InChI=1S/C22H21N3O3/c1-24-21(27)18-8-5-13-25(20(18)22(24)28)14-19(26)23-17-11-9-16(10-12-17)15-6-3-2-4-7-15/h2-4,6-7,9-12H,5,8,13-14H2,1H3,(H,23,26). The Morgan fingerprint density at radius 2 is 1.64 bits per heavy atom. The van der Waals surface area contributed by atoms with Gasteiger partial charge in [-0.05, 0) is 36.1 Å². The normalized spacial score (nSPS) is 16.5. The fourth-order valence-electron chi connectivity index (χ4n) is 3.70. The average molecular weight is 375 g/mol. The molecule has 2 aliphatic rings. The molecule has 0 spiro atoms. The number of hydrogen-bond acceptors (Lipinski definition) is 4. The SMILES string of the molecule is CN1C(=O)C2=C(C1=O)N(CC(=O)Nc1ccc(-c3ccccc3)cc1)CCC2. The Morgan fingerprint density at radius 1 is 0.964 bits per heavy atom. The highest BCUT2D eigenvalue weighted by Crippen LogP contribution is 2.30. The fraction of sp³-hybridized carbons (Fsp3) is 0.227. The van der Waals surface area contributed by atoms with E-state index >= 15 is 0 Å². The summed E-state index contributed by atoms with van der Waals surface area (Å²) in [6.45, 7) is 0.637. The zero-order valence-electron chi connectivity index (χ0n) is 15.6. The van der Waals surface area contributed by atoms with Crippen LogP contribution in [0.2, 0.25) is 0 Å². The van der Waals surface area contributed by atoms with Crippen LogP contribution < -0.4 is 5.32 Å². The Bertz CT molecular complexity index is 964. The molecular formula is C22H21N3O3. The molecule has 0 unspecified atom stereocenters. The van der Waals surface area contributed by atoms with Crippen LogP contribution in [-0.4, -0.2) is 47.7 Å². The van der Waals surface area contributed by atoms with Crippen molar-refractivity contribution in [2.75, 3.05) is 25.5 Å². The van der Waals surface area contributed by atoms with Gasteiger partial charge in [-0.25, -0.2) is 0 Å². The van der Waals surface area contributed by atoms with E-state index < -0.39 is 0 Å². The van der Waals surface area contributed by atoms with E-state index in [4.69, 9.17) is 0 Å². The second-order valence-corrected chi connectivity index (χ2v) is 7.01. The van der Waals surface area contributed by atoms with E-state index in [1.54, 1.807) is 4.90 Å². The van der Waals surface area contributed by atoms with E-state index in [2.05, 4.69) is 5.32 Å². The van der Waals surface area contributed by atoms with Crippen LogP contribution in [-0.2, 0) is 14.4 Å². The quantitative estimate of drug-likeness (QED) is 0.834. The lowest BCUT2D eigenvalue weighted by molar-refractivity contribution is -0.136. The first-order valence-electron chi connectivity index (χ1n) is 9.30. The lowest BCUT2D eigenvalue weighted by atomic mass is 10.0.